The maximum Gasteiger partial charge on any atom is 0.408 e. The van der Waals surface area contributed by atoms with Crippen LogP contribution in [0.2, 0.25) is 0 Å². The first-order valence-corrected chi connectivity index (χ1v) is 3.59. The molecule has 0 saturated heterocycles. The maximum atomic E-state index is 10.9. The number of nitrogens with one attached hydrogen (secondary N) is 1. The minimum Gasteiger partial charge on any atom is -0.430 e. The number of ether oxygens (including phenoxy) is 1. The molecule has 0 unspecified atom stereocenters. The fourth-order valence-electron chi connectivity index (χ4n) is 0.986. The predicted octanol–water partition coefficient (Wildman–Crippen LogP) is -0.357. The van der Waals surface area contributed by atoms with Crippen LogP contribution < -0.4 is 5.32 Å². The molecule has 0 heterocycles. The lowest BCUT2D eigenvalue weighted by Crippen LogP contribution is -2.32. The highest BCUT2D eigenvalue weighted by molar-refractivity contribution is 6.12. The van der Waals surface area contributed by atoms with Gasteiger partial charge in [-0.05, 0) is 0 Å². The number of rotatable bonds is 1. The highest BCUT2D eigenvalue weighted by atomic mass is 16.6. The van der Waals surface area contributed by atoms with Crippen molar-refractivity contribution in [1.82, 2.24) is 5.32 Å². The van der Waals surface area contributed by atoms with Crippen LogP contribution in [0.4, 0.5) is 4.79 Å². The Labute approximate surface area is 69.1 Å². The summed E-state index contributed by atoms with van der Waals surface area (Å²) in [5.41, 5.74) is 0. The lowest BCUT2D eigenvalue weighted by molar-refractivity contribution is -0.132. The molecule has 1 rings (SSSR count). The van der Waals surface area contributed by atoms with Gasteiger partial charge in [0.05, 0.1) is 0 Å². The van der Waals surface area contributed by atoms with E-state index in [1.807, 2.05) is 0 Å². The van der Waals surface area contributed by atoms with E-state index in [1.165, 1.54) is 7.05 Å². The van der Waals surface area contributed by atoms with Gasteiger partial charge in [0.2, 0.25) is 6.10 Å². The number of hydrogen-bond donors (Lipinski definition) is 1. The third kappa shape index (κ3) is 1.61. The van der Waals surface area contributed by atoms with Crippen LogP contribution >= 0.6 is 0 Å². The Morgan fingerprint density at radius 2 is 1.92 bits per heavy atom. The van der Waals surface area contributed by atoms with Crippen LogP contribution in [0.5, 0.6) is 0 Å². The van der Waals surface area contributed by atoms with Crippen LogP contribution in [0.15, 0.2) is 0 Å². The van der Waals surface area contributed by atoms with E-state index in [9.17, 15) is 14.4 Å². The summed E-state index contributed by atoms with van der Waals surface area (Å²) in [6.07, 6.45) is -1.55. The molecule has 1 amide bonds. The number of alkyl carbamates (subject to hydrolysis) is 1. The summed E-state index contributed by atoms with van der Waals surface area (Å²) in [7, 11) is 1.37. The third-order valence-corrected chi connectivity index (χ3v) is 1.63. The van der Waals surface area contributed by atoms with Gasteiger partial charge in [0.1, 0.15) is 0 Å². The van der Waals surface area contributed by atoms with Crippen molar-refractivity contribution in [2.75, 3.05) is 7.05 Å². The van der Waals surface area contributed by atoms with Gasteiger partial charge in [-0.15, -0.1) is 0 Å². The zero-order chi connectivity index (χ0) is 9.14. The number of carbonyl (C=O) groups excluding carboxylic acids is 3. The van der Waals surface area contributed by atoms with Crippen molar-refractivity contribution < 1.29 is 19.1 Å². The third-order valence-electron chi connectivity index (χ3n) is 1.63. The van der Waals surface area contributed by atoms with Crippen molar-refractivity contribution >= 4 is 17.7 Å². The van der Waals surface area contributed by atoms with Gasteiger partial charge < -0.3 is 10.1 Å². The molecule has 5 nitrogen and oxygen atoms in total. The lowest BCUT2D eigenvalue weighted by Gasteiger charge is -2.07. The average molecular weight is 171 g/mol. The molecular weight excluding hydrogens is 162 g/mol. The SMILES string of the molecule is CNC(=O)OC1C(=O)CCC1=O. The number of carbonyl (C=O) groups is 3. The topological polar surface area (TPSA) is 72.5 Å². The molecular formula is C7H9NO4. The zero-order valence-corrected chi connectivity index (χ0v) is 6.62. The van der Waals surface area contributed by atoms with E-state index in [0.717, 1.165) is 0 Å². The van der Waals surface area contributed by atoms with Gasteiger partial charge in [-0.25, -0.2) is 4.79 Å². The van der Waals surface area contributed by atoms with Gasteiger partial charge in [0, 0.05) is 19.9 Å². The lowest BCUT2D eigenvalue weighted by atomic mass is 10.3. The van der Waals surface area contributed by atoms with Gasteiger partial charge in [-0.2, -0.15) is 0 Å². The first kappa shape index (κ1) is 8.70. The Kier molecular flexibility index (Phi) is 2.42. The summed E-state index contributed by atoms with van der Waals surface area (Å²) in [5, 5.41) is 2.17. The van der Waals surface area contributed by atoms with Crippen LogP contribution in [0.25, 0.3) is 0 Å². The fraction of sp³-hybridized carbons (Fsp3) is 0.571. The second-order valence-corrected chi connectivity index (χ2v) is 2.47. The van der Waals surface area contributed by atoms with Crippen molar-refractivity contribution in [2.45, 2.75) is 18.9 Å². The highest BCUT2D eigenvalue weighted by Gasteiger charge is 2.35. The molecule has 1 aliphatic rings. The molecule has 66 valence electrons. The smallest absolute Gasteiger partial charge is 0.408 e. The molecule has 1 fully saturated rings. The summed E-state index contributed by atoms with van der Waals surface area (Å²) in [5.74, 6) is -0.632. The highest BCUT2D eigenvalue weighted by Crippen LogP contribution is 2.13. The van der Waals surface area contributed by atoms with Crippen LogP contribution in [0, 0.1) is 0 Å². The van der Waals surface area contributed by atoms with Gasteiger partial charge in [-0.1, -0.05) is 0 Å². The normalized spacial score (nSPS) is 18.1. The van der Waals surface area contributed by atoms with Gasteiger partial charge in [0.15, 0.2) is 11.6 Å². The first-order valence-electron chi connectivity index (χ1n) is 3.59. The van der Waals surface area contributed by atoms with Crippen LogP contribution in [0.3, 0.4) is 0 Å². The molecule has 1 aliphatic carbocycles. The Morgan fingerprint density at radius 1 is 1.42 bits per heavy atom. The van der Waals surface area contributed by atoms with Crippen molar-refractivity contribution in [3.8, 4) is 0 Å². The van der Waals surface area contributed by atoms with E-state index < -0.39 is 12.2 Å². The number of amides is 1. The van der Waals surface area contributed by atoms with E-state index in [1.54, 1.807) is 0 Å². The van der Waals surface area contributed by atoms with Crippen molar-refractivity contribution in [1.29, 1.82) is 0 Å². The van der Waals surface area contributed by atoms with E-state index in [4.69, 9.17) is 0 Å². The standard InChI is InChI=1S/C7H9NO4/c1-8-7(11)12-6-4(9)2-3-5(6)10/h6H,2-3H2,1H3,(H,8,11). The van der Waals surface area contributed by atoms with Crippen molar-refractivity contribution in [3.63, 3.8) is 0 Å². The number of ketones is 2. The minimum absolute atomic E-state index is 0.181. The van der Waals surface area contributed by atoms with Gasteiger partial charge in [-0.3, -0.25) is 9.59 Å². The van der Waals surface area contributed by atoms with Crippen molar-refractivity contribution in [3.05, 3.63) is 0 Å². The molecule has 0 radical (unpaired) electrons. The van der Waals surface area contributed by atoms with E-state index >= 15 is 0 Å². The van der Waals surface area contributed by atoms with Gasteiger partial charge >= 0.3 is 6.09 Å². The van der Waals surface area contributed by atoms with E-state index in [-0.39, 0.29) is 24.4 Å². The molecule has 0 aliphatic heterocycles. The molecule has 0 aromatic carbocycles. The van der Waals surface area contributed by atoms with E-state index in [2.05, 4.69) is 10.1 Å². The molecule has 12 heavy (non-hydrogen) atoms. The summed E-state index contributed by atoms with van der Waals surface area (Å²) >= 11 is 0. The monoisotopic (exact) mass is 171 g/mol. The quantitative estimate of drug-likeness (QED) is 0.547. The Balaban J connectivity index is 2.56. The molecule has 0 spiro atoms. The average Bonchev–Trinajstić information content (AvgIpc) is 2.35. The summed E-state index contributed by atoms with van der Waals surface area (Å²) in [6, 6.07) is 0. The van der Waals surface area contributed by atoms with Crippen LogP contribution in [-0.4, -0.2) is 30.8 Å². The van der Waals surface area contributed by atoms with E-state index in [0.29, 0.717) is 0 Å². The molecule has 0 bridgehead atoms. The molecule has 5 heteroatoms. The number of hydrogen-bond acceptors (Lipinski definition) is 4. The summed E-state index contributed by atoms with van der Waals surface area (Å²) in [4.78, 5) is 32.4. The number of Topliss-reactive ketones (excluding diaryl/α,β-unsaturated/α-hetero) is 2. The van der Waals surface area contributed by atoms with Crippen LogP contribution in [0.1, 0.15) is 12.8 Å². The Bertz CT molecular complexity index is 220. The molecule has 1 N–H and O–H groups in total. The summed E-state index contributed by atoms with van der Waals surface area (Å²) < 4.78 is 4.54. The maximum absolute atomic E-state index is 10.9. The zero-order valence-electron chi connectivity index (χ0n) is 6.62. The fourth-order valence-corrected chi connectivity index (χ4v) is 0.986. The molecule has 0 aromatic heterocycles. The minimum atomic E-state index is -1.16. The second-order valence-electron chi connectivity index (χ2n) is 2.47. The first-order chi connectivity index (χ1) is 5.65. The largest absolute Gasteiger partial charge is 0.430 e. The second kappa shape index (κ2) is 3.34. The van der Waals surface area contributed by atoms with Crippen molar-refractivity contribution in [2.24, 2.45) is 0 Å². The molecule has 1 saturated carbocycles. The van der Waals surface area contributed by atoms with Crippen LogP contribution in [-0.2, 0) is 14.3 Å². The predicted molar refractivity (Wildman–Crippen MR) is 38.6 cm³/mol. The van der Waals surface area contributed by atoms with Gasteiger partial charge in [0.25, 0.3) is 0 Å². The Hall–Kier alpha value is -1.39. The summed E-state index contributed by atoms with van der Waals surface area (Å²) in [6.45, 7) is 0. The molecule has 0 aromatic rings. The molecule has 0 atom stereocenters. The Morgan fingerprint density at radius 3 is 2.33 bits per heavy atom.